The molecule has 0 saturated carbocycles. The lowest BCUT2D eigenvalue weighted by molar-refractivity contribution is -0.385. The highest BCUT2D eigenvalue weighted by Gasteiger charge is 2.24. The van der Waals surface area contributed by atoms with Crippen LogP contribution in [0.4, 0.5) is 11.5 Å². The Morgan fingerprint density at radius 2 is 2.30 bits per heavy atom. The Balaban J connectivity index is 2.39. The van der Waals surface area contributed by atoms with Gasteiger partial charge in [0.15, 0.2) is 0 Å². The molecule has 0 amide bonds. The van der Waals surface area contributed by atoms with Crippen molar-refractivity contribution in [1.29, 1.82) is 0 Å². The van der Waals surface area contributed by atoms with Crippen LogP contribution >= 0.6 is 22.9 Å². The van der Waals surface area contributed by atoms with Gasteiger partial charge in [-0.1, -0.05) is 13.0 Å². The van der Waals surface area contributed by atoms with Crippen molar-refractivity contribution in [3.05, 3.63) is 43.5 Å². The third-order valence-electron chi connectivity index (χ3n) is 2.82. The van der Waals surface area contributed by atoms with Gasteiger partial charge in [0.1, 0.15) is 5.69 Å². The van der Waals surface area contributed by atoms with Crippen molar-refractivity contribution in [3.8, 4) is 0 Å². The number of thiophene rings is 1. The maximum atomic E-state index is 11.2. The van der Waals surface area contributed by atoms with Gasteiger partial charge in [-0.25, -0.2) is 4.98 Å². The second kappa shape index (κ2) is 6.15. The van der Waals surface area contributed by atoms with Crippen LogP contribution in [0.5, 0.6) is 0 Å². The van der Waals surface area contributed by atoms with E-state index in [1.807, 2.05) is 24.4 Å². The highest BCUT2D eigenvalue weighted by Crippen LogP contribution is 2.32. The average molecular weight is 313 g/mol. The number of rotatable bonds is 5. The van der Waals surface area contributed by atoms with Crippen LogP contribution in [0.1, 0.15) is 30.0 Å². The van der Waals surface area contributed by atoms with Gasteiger partial charge in [-0.15, -0.1) is 11.3 Å². The number of hydrogen-bond donors (Lipinski definition) is 1. The number of aromatic nitrogens is 2. The molecule has 1 unspecified atom stereocenters. The summed E-state index contributed by atoms with van der Waals surface area (Å²) in [4.78, 5) is 19.5. The Morgan fingerprint density at radius 1 is 1.55 bits per heavy atom. The summed E-state index contributed by atoms with van der Waals surface area (Å²) in [5.74, 6) is 0.160. The molecule has 0 spiro atoms. The molecule has 2 rings (SSSR count). The summed E-state index contributed by atoms with van der Waals surface area (Å²) in [5, 5.41) is 16.2. The second-order valence-electron chi connectivity index (χ2n) is 4.15. The molecule has 20 heavy (non-hydrogen) atoms. The molecular formula is C12H13ClN4O2S. The Morgan fingerprint density at radius 3 is 2.85 bits per heavy atom. The van der Waals surface area contributed by atoms with E-state index in [-0.39, 0.29) is 28.5 Å². The van der Waals surface area contributed by atoms with Gasteiger partial charge in [0.05, 0.1) is 11.0 Å². The molecule has 0 radical (unpaired) electrons. The van der Waals surface area contributed by atoms with E-state index in [0.29, 0.717) is 0 Å². The van der Waals surface area contributed by atoms with Crippen molar-refractivity contribution < 1.29 is 4.92 Å². The first kappa shape index (κ1) is 14.7. The number of nitrogens with one attached hydrogen (secondary N) is 1. The Bertz CT molecular complexity index is 618. The smallest absolute Gasteiger partial charge is 0.332 e. The molecule has 2 aromatic rings. The van der Waals surface area contributed by atoms with Crippen LogP contribution in [0.15, 0.2) is 17.5 Å². The van der Waals surface area contributed by atoms with Gasteiger partial charge in [0, 0.05) is 4.88 Å². The number of nitro groups is 1. The zero-order chi connectivity index (χ0) is 14.7. The van der Waals surface area contributed by atoms with Crippen molar-refractivity contribution in [2.24, 2.45) is 0 Å². The maximum Gasteiger partial charge on any atom is 0.332 e. The molecule has 1 N–H and O–H groups in total. The lowest BCUT2D eigenvalue weighted by atomic mass is 10.2. The number of halogens is 1. The molecule has 0 aromatic carbocycles. The molecule has 2 aromatic heterocycles. The lowest BCUT2D eigenvalue weighted by Crippen LogP contribution is -2.12. The fraction of sp³-hybridized carbons (Fsp3) is 0.333. The zero-order valence-corrected chi connectivity index (χ0v) is 12.5. The van der Waals surface area contributed by atoms with Crippen LogP contribution in [-0.4, -0.2) is 14.9 Å². The summed E-state index contributed by atoms with van der Waals surface area (Å²) in [5.41, 5.74) is 0.114. The van der Waals surface area contributed by atoms with Crippen molar-refractivity contribution in [3.63, 3.8) is 0 Å². The largest absolute Gasteiger partial charge is 0.357 e. The Labute approximate surface area is 125 Å². The molecule has 8 heteroatoms. The zero-order valence-electron chi connectivity index (χ0n) is 11.0. The molecule has 0 fully saturated rings. The van der Waals surface area contributed by atoms with E-state index >= 15 is 0 Å². The van der Waals surface area contributed by atoms with Gasteiger partial charge >= 0.3 is 5.69 Å². The van der Waals surface area contributed by atoms with Crippen LogP contribution in [0.3, 0.4) is 0 Å². The van der Waals surface area contributed by atoms with Gasteiger partial charge in [-0.05, 0) is 36.4 Å². The first-order valence-electron chi connectivity index (χ1n) is 6.01. The first-order valence-corrected chi connectivity index (χ1v) is 7.27. The minimum Gasteiger partial charge on any atom is -0.357 e. The number of nitrogens with zero attached hydrogens (tertiary/aromatic N) is 3. The van der Waals surface area contributed by atoms with Gasteiger partial charge in [-0.2, -0.15) is 4.98 Å². The lowest BCUT2D eigenvalue weighted by Gasteiger charge is -2.16. The van der Waals surface area contributed by atoms with E-state index in [1.54, 1.807) is 18.3 Å². The fourth-order valence-electron chi connectivity index (χ4n) is 1.88. The van der Waals surface area contributed by atoms with E-state index in [0.717, 1.165) is 11.3 Å². The molecule has 1 atom stereocenters. The van der Waals surface area contributed by atoms with Crippen molar-refractivity contribution in [2.75, 3.05) is 5.32 Å². The SMILES string of the molecule is CCC(Nc1nc(Cl)nc(C)c1[N+](=O)[O-])c1cccs1. The quantitative estimate of drug-likeness (QED) is 0.513. The van der Waals surface area contributed by atoms with Crippen LogP contribution in [0.25, 0.3) is 0 Å². The van der Waals surface area contributed by atoms with Crippen LogP contribution in [-0.2, 0) is 0 Å². The van der Waals surface area contributed by atoms with E-state index in [4.69, 9.17) is 11.6 Å². The molecular weight excluding hydrogens is 300 g/mol. The van der Waals surface area contributed by atoms with Crippen LogP contribution in [0, 0.1) is 17.0 Å². The first-order chi connectivity index (χ1) is 9.52. The predicted octanol–water partition coefficient (Wildman–Crippen LogP) is 3.97. The molecule has 0 bridgehead atoms. The Hall–Kier alpha value is -1.73. The van der Waals surface area contributed by atoms with E-state index < -0.39 is 4.92 Å². The highest BCUT2D eigenvalue weighted by molar-refractivity contribution is 7.10. The standard InChI is InChI=1S/C12H13ClN4O2S/c1-3-8(9-5-4-6-20-9)15-11-10(17(18)19)7(2)14-12(13)16-11/h4-6,8H,3H2,1-2H3,(H,14,15,16). The van der Waals surface area contributed by atoms with Crippen molar-refractivity contribution >= 4 is 34.4 Å². The topological polar surface area (TPSA) is 81.0 Å². The number of hydrogen-bond acceptors (Lipinski definition) is 6. The van der Waals surface area contributed by atoms with Crippen LogP contribution in [0.2, 0.25) is 5.28 Å². The van der Waals surface area contributed by atoms with Crippen LogP contribution < -0.4 is 5.32 Å². The molecule has 2 heterocycles. The third kappa shape index (κ3) is 3.05. The monoisotopic (exact) mass is 312 g/mol. The fourth-order valence-corrected chi connectivity index (χ4v) is 2.95. The number of aryl methyl sites for hydroxylation is 1. The highest BCUT2D eigenvalue weighted by atomic mass is 35.5. The minimum atomic E-state index is -0.491. The summed E-state index contributed by atoms with van der Waals surface area (Å²) >= 11 is 7.38. The average Bonchev–Trinajstić information content (AvgIpc) is 2.88. The molecule has 0 aliphatic carbocycles. The van der Waals surface area contributed by atoms with Gasteiger partial charge < -0.3 is 5.32 Å². The van der Waals surface area contributed by atoms with Gasteiger partial charge in [-0.3, -0.25) is 10.1 Å². The minimum absolute atomic E-state index is 0.00312. The normalized spacial score (nSPS) is 12.2. The molecule has 0 aliphatic rings. The molecule has 106 valence electrons. The maximum absolute atomic E-state index is 11.2. The summed E-state index contributed by atoms with van der Waals surface area (Å²) in [6, 6.07) is 3.88. The number of anilines is 1. The molecule has 6 nitrogen and oxygen atoms in total. The predicted molar refractivity (Wildman–Crippen MR) is 79.4 cm³/mol. The summed E-state index contributed by atoms with van der Waals surface area (Å²) in [7, 11) is 0. The third-order valence-corrected chi connectivity index (χ3v) is 3.97. The summed E-state index contributed by atoms with van der Waals surface area (Å²) in [6.45, 7) is 3.54. The van der Waals surface area contributed by atoms with E-state index in [9.17, 15) is 10.1 Å². The van der Waals surface area contributed by atoms with E-state index in [2.05, 4.69) is 15.3 Å². The summed E-state index contributed by atoms with van der Waals surface area (Å²) in [6.07, 6.45) is 0.776. The molecule has 0 aliphatic heterocycles. The second-order valence-corrected chi connectivity index (χ2v) is 5.47. The van der Waals surface area contributed by atoms with Crippen molar-refractivity contribution in [1.82, 2.24) is 9.97 Å². The summed E-state index contributed by atoms with van der Waals surface area (Å²) < 4.78 is 0. The van der Waals surface area contributed by atoms with Gasteiger partial charge in [0.2, 0.25) is 11.1 Å². The van der Waals surface area contributed by atoms with E-state index in [1.165, 1.54) is 0 Å². The van der Waals surface area contributed by atoms with Gasteiger partial charge in [0.25, 0.3) is 0 Å². The van der Waals surface area contributed by atoms with Crippen molar-refractivity contribution in [2.45, 2.75) is 26.3 Å². The Kier molecular flexibility index (Phi) is 4.51. The molecule has 0 saturated heterocycles.